The van der Waals surface area contributed by atoms with Gasteiger partial charge in [0.05, 0.1) is 25.9 Å². The second-order valence-corrected chi connectivity index (χ2v) is 5.54. The van der Waals surface area contributed by atoms with Crippen LogP contribution in [0.5, 0.6) is 0 Å². The zero-order valence-corrected chi connectivity index (χ0v) is 13.9. The Kier molecular flexibility index (Phi) is 6.29. The number of furan rings is 1. The van der Waals surface area contributed by atoms with Crippen molar-refractivity contribution in [3.63, 3.8) is 0 Å². The molecule has 1 atom stereocenters. The van der Waals surface area contributed by atoms with Gasteiger partial charge in [0, 0.05) is 12.8 Å². The van der Waals surface area contributed by atoms with Crippen molar-refractivity contribution in [2.45, 2.75) is 19.6 Å². The molecule has 1 heterocycles. The Morgan fingerprint density at radius 3 is 2.81 bits per heavy atom. The molecule has 0 aliphatic carbocycles. The summed E-state index contributed by atoms with van der Waals surface area (Å²) < 4.78 is 16.8. The van der Waals surface area contributed by atoms with Crippen LogP contribution in [0.15, 0.2) is 45.5 Å². The predicted octanol–water partition coefficient (Wildman–Crippen LogP) is 4.38. The highest BCUT2D eigenvalue weighted by Gasteiger charge is 2.09. The van der Waals surface area contributed by atoms with Crippen molar-refractivity contribution in [3.05, 3.63) is 52.4 Å². The normalized spacial score (nSPS) is 12.3. The van der Waals surface area contributed by atoms with Crippen molar-refractivity contribution in [2.24, 2.45) is 0 Å². The van der Waals surface area contributed by atoms with E-state index in [0.717, 1.165) is 21.7 Å². The van der Waals surface area contributed by atoms with Crippen LogP contribution in [0.2, 0.25) is 0 Å². The Labute approximate surface area is 133 Å². The largest absolute Gasteiger partial charge is 0.452 e. The highest BCUT2D eigenvalue weighted by atomic mass is 79.9. The Balaban J connectivity index is 1.91. The number of anilines is 1. The fourth-order valence-electron chi connectivity index (χ4n) is 1.97. The SMILES string of the molecule is COCCOCc1cccc(NC(C)c2ccc(Br)o2)c1. The van der Waals surface area contributed by atoms with Gasteiger partial charge in [-0.1, -0.05) is 12.1 Å². The van der Waals surface area contributed by atoms with Gasteiger partial charge in [-0.3, -0.25) is 0 Å². The quantitative estimate of drug-likeness (QED) is 0.715. The lowest BCUT2D eigenvalue weighted by atomic mass is 10.2. The number of nitrogens with one attached hydrogen (secondary N) is 1. The van der Waals surface area contributed by atoms with E-state index in [-0.39, 0.29) is 6.04 Å². The van der Waals surface area contributed by atoms with Gasteiger partial charge in [0.15, 0.2) is 4.67 Å². The minimum atomic E-state index is 0.0981. The molecule has 21 heavy (non-hydrogen) atoms. The summed E-state index contributed by atoms with van der Waals surface area (Å²) in [5.74, 6) is 0.892. The van der Waals surface area contributed by atoms with Crippen molar-refractivity contribution >= 4 is 21.6 Å². The molecule has 5 heteroatoms. The Morgan fingerprint density at radius 1 is 1.24 bits per heavy atom. The lowest BCUT2D eigenvalue weighted by Crippen LogP contribution is -2.06. The van der Waals surface area contributed by atoms with E-state index in [1.807, 2.05) is 30.3 Å². The topological polar surface area (TPSA) is 43.6 Å². The van der Waals surface area contributed by atoms with Crippen LogP contribution in [0.4, 0.5) is 5.69 Å². The molecule has 1 N–H and O–H groups in total. The molecule has 0 saturated carbocycles. The second-order valence-electron chi connectivity index (χ2n) is 4.75. The van der Waals surface area contributed by atoms with Crippen LogP contribution >= 0.6 is 15.9 Å². The van der Waals surface area contributed by atoms with Crippen LogP contribution in [0, 0.1) is 0 Å². The van der Waals surface area contributed by atoms with Gasteiger partial charge in [-0.25, -0.2) is 0 Å². The lowest BCUT2D eigenvalue weighted by Gasteiger charge is -2.14. The first-order chi connectivity index (χ1) is 10.2. The molecule has 0 aliphatic rings. The predicted molar refractivity (Wildman–Crippen MR) is 86.4 cm³/mol. The molecule has 0 spiro atoms. The van der Waals surface area contributed by atoms with Gasteiger partial charge in [-0.15, -0.1) is 0 Å². The summed E-state index contributed by atoms with van der Waals surface area (Å²) in [6, 6.07) is 12.1. The molecule has 114 valence electrons. The second kappa shape index (κ2) is 8.22. The summed E-state index contributed by atoms with van der Waals surface area (Å²) in [6.45, 7) is 3.86. The fraction of sp³-hybridized carbons (Fsp3) is 0.375. The lowest BCUT2D eigenvalue weighted by molar-refractivity contribution is 0.0617. The average Bonchev–Trinajstić information content (AvgIpc) is 2.91. The highest BCUT2D eigenvalue weighted by Crippen LogP contribution is 2.24. The molecule has 2 aromatic rings. The highest BCUT2D eigenvalue weighted by molar-refractivity contribution is 9.10. The molecule has 0 fully saturated rings. The van der Waals surface area contributed by atoms with Gasteiger partial charge >= 0.3 is 0 Å². The molecule has 2 rings (SSSR count). The van der Waals surface area contributed by atoms with Crippen LogP contribution in [0.25, 0.3) is 0 Å². The van der Waals surface area contributed by atoms with Crippen LogP contribution < -0.4 is 5.32 Å². The number of rotatable bonds is 8. The third kappa shape index (κ3) is 5.19. The van der Waals surface area contributed by atoms with Gasteiger partial charge in [0.25, 0.3) is 0 Å². The summed E-state index contributed by atoms with van der Waals surface area (Å²) in [4.78, 5) is 0. The Bertz CT molecular complexity index is 556. The fourth-order valence-corrected chi connectivity index (χ4v) is 2.28. The monoisotopic (exact) mass is 353 g/mol. The van der Waals surface area contributed by atoms with E-state index in [0.29, 0.717) is 19.8 Å². The van der Waals surface area contributed by atoms with E-state index in [4.69, 9.17) is 13.9 Å². The maximum Gasteiger partial charge on any atom is 0.169 e. The number of benzene rings is 1. The van der Waals surface area contributed by atoms with E-state index < -0.39 is 0 Å². The van der Waals surface area contributed by atoms with Gasteiger partial charge in [-0.2, -0.15) is 0 Å². The summed E-state index contributed by atoms with van der Waals surface area (Å²) >= 11 is 3.32. The zero-order chi connectivity index (χ0) is 15.1. The average molecular weight is 354 g/mol. The summed E-state index contributed by atoms with van der Waals surface area (Å²) in [5.41, 5.74) is 2.17. The molecular weight excluding hydrogens is 334 g/mol. The van der Waals surface area contributed by atoms with Gasteiger partial charge < -0.3 is 19.2 Å². The van der Waals surface area contributed by atoms with Crippen molar-refractivity contribution in [1.82, 2.24) is 0 Å². The molecule has 1 aromatic carbocycles. The third-order valence-corrected chi connectivity index (χ3v) is 3.46. The first kappa shape index (κ1) is 16.1. The van der Waals surface area contributed by atoms with Crippen molar-refractivity contribution in [2.75, 3.05) is 25.6 Å². The van der Waals surface area contributed by atoms with Crippen molar-refractivity contribution < 1.29 is 13.9 Å². The third-order valence-electron chi connectivity index (χ3n) is 3.03. The minimum absolute atomic E-state index is 0.0981. The Hall–Kier alpha value is -1.30. The minimum Gasteiger partial charge on any atom is -0.452 e. The van der Waals surface area contributed by atoms with Gasteiger partial charge in [-0.05, 0) is 52.7 Å². The van der Waals surface area contributed by atoms with E-state index in [2.05, 4.69) is 34.2 Å². The maximum atomic E-state index is 5.56. The molecule has 4 nitrogen and oxygen atoms in total. The molecule has 0 saturated heterocycles. The first-order valence-electron chi connectivity index (χ1n) is 6.86. The van der Waals surface area contributed by atoms with Crippen LogP contribution in [-0.2, 0) is 16.1 Å². The van der Waals surface area contributed by atoms with Gasteiger partial charge in [0.2, 0.25) is 0 Å². The van der Waals surface area contributed by atoms with E-state index in [1.165, 1.54) is 0 Å². The van der Waals surface area contributed by atoms with Crippen LogP contribution in [0.1, 0.15) is 24.3 Å². The van der Waals surface area contributed by atoms with Crippen LogP contribution in [0.3, 0.4) is 0 Å². The number of ether oxygens (including phenoxy) is 2. The van der Waals surface area contributed by atoms with Crippen molar-refractivity contribution in [3.8, 4) is 0 Å². The molecule has 1 aromatic heterocycles. The van der Waals surface area contributed by atoms with Crippen molar-refractivity contribution in [1.29, 1.82) is 0 Å². The number of halogens is 1. The molecule has 0 aliphatic heterocycles. The summed E-state index contributed by atoms with van der Waals surface area (Å²) in [7, 11) is 1.67. The molecule has 0 radical (unpaired) electrons. The number of hydrogen-bond donors (Lipinski definition) is 1. The number of hydrogen-bond acceptors (Lipinski definition) is 4. The van der Waals surface area contributed by atoms with E-state index in [1.54, 1.807) is 7.11 Å². The molecule has 0 bridgehead atoms. The molecule has 0 amide bonds. The maximum absolute atomic E-state index is 5.56. The molecular formula is C16H20BrNO3. The molecule has 1 unspecified atom stereocenters. The van der Waals surface area contributed by atoms with Crippen LogP contribution in [-0.4, -0.2) is 20.3 Å². The van der Waals surface area contributed by atoms with Gasteiger partial charge in [0.1, 0.15) is 5.76 Å². The summed E-state index contributed by atoms with van der Waals surface area (Å²) in [6.07, 6.45) is 0. The van der Waals surface area contributed by atoms with E-state index in [9.17, 15) is 0 Å². The standard InChI is InChI=1S/C16H20BrNO3/c1-12(15-6-7-16(17)21-15)18-14-5-3-4-13(10-14)11-20-9-8-19-2/h3-7,10,12,18H,8-9,11H2,1-2H3. The smallest absolute Gasteiger partial charge is 0.169 e. The van der Waals surface area contributed by atoms with E-state index >= 15 is 0 Å². The summed E-state index contributed by atoms with van der Waals surface area (Å²) in [5, 5.41) is 3.42. The number of methoxy groups -OCH3 is 1. The first-order valence-corrected chi connectivity index (χ1v) is 7.65. The zero-order valence-electron chi connectivity index (χ0n) is 12.3. The Morgan fingerprint density at radius 2 is 2.10 bits per heavy atom.